The topological polar surface area (TPSA) is 90.0 Å². The Labute approximate surface area is 124 Å². The van der Waals surface area contributed by atoms with Crippen molar-refractivity contribution in [1.29, 1.82) is 0 Å². The third-order valence-electron chi connectivity index (χ3n) is 3.15. The zero-order chi connectivity index (χ0) is 15.6. The third kappa shape index (κ3) is 3.36. The standard InChI is InChI=1S/C14H20N4O2S/c1-4-9-18-14(13(15)10(2)17-18)16-11-5-7-12(8-6-11)21(3,19)20/h5-8,16H,4,9,15H2,1-3H3. The van der Waals surface area contributed by atoms with Gasteiger partial charge in [0.2, 0.25) is 0 Å². The Kier molecular flexibility index (Phi) is 4.22. The van der Waals surface area contributed by atoms with Gasteiger partial charge in [0.1, 0.15) is 0 Å². The van der Waals surface area contributed by atoms with Gasteiger partial charge in [0.25, 0.3) is 0 Å². The smallest absolute Gasteiger partial charge is 0.175 e. The van der Waals surface area contributed by atoms with Gasteiger partial charge in [-0.25, -0.2) is 13.1 Å². The molecular formula is C14H20N4O2S. The number of rotatable bonds is 5. The van der Waals surface area contributed by atoms with E-state index in [1.165, 1.54) is 6.26 Å². The van der Waals surface area contributed by atoms with Crippen molar-refractivity contribution < 1.29 is 8.42 Å². The van der Waals surface area contributed by atoms with E-state index in [9.17, 15) is 8.42 Å². The molecule has 114 valence electrons. The highest BCUT2D eigenvalue weighted by Gasteiger charge is 2.13. The lowest BCUT2D eigenvalue weighted by molar-refractivity contribution is 0.602. The highest BCUT2D eigenvalue weighted by molar-refractivity contribution is 7.90. The lowest BCUT2D eigenvalue weighted by Gasteiger charge is -2.10. The average molecular weight is 308 g/mol. The summed E-state index contributed by atoms with van der Waals surface area (Å²) in [6.07, 6.45) is 2.13. The molecule has 1 aromatic heterocycles. The lowest BCUT2D eigenvalue weighted by atomic mass is 10.3. The number of hydrogen-bond acceptors (Lipinski definition) is 5. The highest BCUT2D eigenvalue weighted by Crippen LogP contribution is 2.26. The van der Waals surface area contributed by atoms with Crippen LogP contribution in [-0.4, -0.2) is 24.5 Å². The molecule has 0 aliphatic rings. The molecule has 7 heteroatoms. The van der Waals surface area contributed by atoms with Crippen molar-refractivity contribution in [3.63, 3.8) is 0 Å². The summed E-state index contributed by atoms with van der Waals surface area (Å²) in [5.41, 5.74) is 8.19. The van der Waals surface area contributed by atoms with Gasteiger partial charge in [-0.1, -0.05) is 6.92 Å². The third-order valence-corrected chi connectivity index (χ3v) is 4.28. The van der Waals surface area contributed by atoms with Crippen LogP contribution < -0.4 is 11.1 Å². The van der Waals surface area contributed by atoms with Crippen LogP contribution in [0.2, 0.25) is 0 Å². The van der Waals surface area contributed by atoms with Crippen LogP contribution in [0.1, 0.15) is 19.0 Å². The Morgan fingerprint density at radius 1 is 1.29 bits per heavy atom. The molecule has 0 radical (unpaired) electrons. The number of sulfone groups is 1. The normalized spacial score (nSPS) is 11.6. The second-order valence-corrected chi connectivity index (χ2v) is 7.01. The van der Waals surface area contributed by atoms with Gasteiger partial charge in [0.15, 0.2) is 15.7 Å². The molecule has 0 saturated carbocycles. The van der Waals surface area contributed by atoms with Gasteiger partial charge in [-0.2, -0.15) is 5.10 Å². The van der Waals surface area contributed by atoms with E-state index in [1.54, 1.807) is 24.3 Å². The quantitative estimate of drug-likeness (QED) is 0.884. The van der Waals surface area contributed by atoms with Crippen LogP contribution in [0.15, 0.2) is 29.2 Å². The molecule has 3 N–H and O–H groups in total. The summed E-state index contributed by atoms with van der Waals surface area (Å²) < 4.78 is 24.7. The monoisotopic (exact) mass is 308 g/mol. The number of aryl methyl sites for hydroxylation is 2. The second kappa shape index (κ2) is 5.77. The minimum atomic E-state index is -3.18. The molecule has 0 atom stereocenters. The van der Waals surface area contributed by atoms with Crippen LogP contribution >= 0.6 is 0 Å². The summed E-state index contributed by atoms with van der Waals surface area (Å²) in [5, 5.41) is 7.59. The number of nitrogens with zero attached hydrogens (tertiary/aromatic N) is 2. The predicted octanol–water partition coefficient (Wildman–Crippen LogP) is 2.33. The zero-order valence-corrected chi connectivity index (χ0v) is 13.2. The Morgan fingerprint density at radius 3 is 2.43 bits per heavy atom. The van der Waals surface area contributed by atoms with Gasteiger partial charge in [-0.15, -0.1) is 0 Å². The first kappa shape index (κ1) is 15.4. The van der Waals surface area contributed by atoms with Gasteiger partial charge in [0.05, 0.1) is 16.3 Å². The van der Waals surface area contributed by atoms with Crippen LogP contribution in [0.25, 0.3) is 0 Å². The summed E-state index contributed by atoms with van der Waals surface area (Å²) in [4.78, 5) is 0.291. The Hall–Kier alpha value is -2.02. The minimum Gasteiger partial charge on any atom is -0.394 e. The number of hydrogen-bond donors (Lipinski definition) is 2. The average Bonchev–Trinajstić information content (AvgIpc) is 2.67. The fraction of sp³-hybridized carbons (Fsp3) is 0.357. The fourth-order valence-electron chi connectivity index (χ4n) is 2.02. The molecule has 0 spiro atoms. The summed E-state index contributed by atoms with van der Waals surface area (Å²) in [6.45, 7) is 4.69. The first-order valence-electron chi connectivity index (χ1n) is 6.73. The van der Waals surface area contributed by atoms with E-state index in [1.807, 2.05) is 11.6 Å². The van der Waals surface area contributed by atoms with Gasteiger partial charge in [0, 0.05) is 18.5 Å². The second-order valence-electron chi connectivity index (χ2n) is 4.99. The van der Waals surface area contributed by atoms with E-state index in [4.69, 9.17) is 5.73 Å². The molecular weight excluding hydrogens is 288 g/mol. The van der Waals surface area contributed by atoms with E-state index < -0.39 is 9.84 Å². The van der Waals surface area contributed by atoms with Crippen LogP contribution in [0, 0.1) is 6.92 Å². The number of aromatic nitrogens is 2. The van der Waals surface area contributed by atoms with Crippen LogP contribution in [0.3, 0.4) is 0 Å². The molecule has 0 fully saturated rings. The van der Waals surface area contributed by atoms with E-state index in [-0.39, 0.29) is 0 Å². The number of anilines is 3. The number of benzene rings is 1. The molecule has 0 saturated heterocycles. The summed E-state index contributed by atoms with van der Waals surface area (Å²) in [6, 6.07) is 6.57. The van der Waals surface area contributed by atoms with Crippen molar-refractivity contribution in [2.75, 3.05) is 17.3 Å². The molecule has 0 unspecified atom stereocenters. The van der Waals surface area contributed by atoms with Crippen molar-refractivity contribution in [2.24, 2.45) is 0 Å². The van der Waals surface area contributed by atoms with E-state index in [2.05, 4.69) is 17.3 Å². The van der Waals surface area contributed by atoms with Gasteiger partial charge < -0.3 is 11.1 Å². The number of nitrogen functional groups attached to an aromatic ring is 1. The molecule has 6 nitrogen and oxygen atoms in total. The Balaban J connectivity index is 2.30. The van der Waals surface area contributed by atoms with Crippen molar-refractivity contribution in [3.05, 3.63) is 30.0 Å². The largest absolute Gasteiger partial charge is 0.394 e. The highest BCUT2D eigenvalue weighted by atomic mass is 32.2. The van der Waals surface area contributed by atoms with Crippen molar-refractivity contribution >= 4 is 27.0 Å². The van der Waals surface area contributed by atoms with E-state index in [0.717, 1.165) is 30.2 Å². The van der Waals surface area contributed by atoms with Crippen LogP contribution in [0.5, 0.6) is 0 Å². The van der Waals surface area contributed by atoms with Crippen molar-refractivity contribution in [3.8, 4) is 0 Å². The molecule has 0 bridgehead atoms. The zero-order valence-electron chi connectivity index (χ0n) is 12.4. The molecule has 2 aromatic rings. The van der Waals surface area contributed by atoms with Gasteiger partial charge in [-0.05, 0) is 37.6 Å². The molecule has 1 heterocycles. The predicted molar refractivity (Wildman–Crippen MR) is 84.5 cm³/mol. The van der Waals surface area contributed by atoms with Crippen molar-refractivity contribution in [1.82, 2.24) is 9.78 Å². The van der Waals surface area contributed by atoms with Crippen LogP contribution in [-0.2, 0) is 16.4 Å². The number of nitrogens with two attached hydrogens (primary N) is 1. The van der Waals surface area contributed by atoms with Crippen molar-refractivity contribution in [2.45, 2.75) is 31.7 Å². The summed E-state index contributed by atoms with van der Waals surface area (Å²) >= 11 is 0. The molecule has 0 aliphatic heterocycles. The fourth-order valence-corrected chi connectivity index (χ4v) is 2.65. The number of nitrogens with one attached hydrogen (secondary N) is 1. The van der Waals surface area contributed by atoms with E-state index >= 15 is 0 Å². The molecule has 0 aliphatic carbocycles. The summed E-state index contributed by atoms with van der Waals surface area (Å²) in [7, 11) is -3.18. The Morgan fingerprint density at radius 2 is 1.90 bits per heavy atom. The maximum Gasteiger partial charge on any atom is 0.175 e. The maximum absolute atomic E-state index is 11.4. The maximum atomic E-state index is 11.4. The first-order valence-corrected chi connectivity index (χ1v) is 8.62. The molecule has 2 rings (SSSR count). The molecule has 0 amide bonds. The lowest BCUT2D eigenvalue weighted by Crippen LogP contribution is -2.06. The molecule has 1 aromatic carbocycles. The summed E-state index contributed by atoms with van der Waals surface area (Å²) in [5.74, 6) is 0.737. The Bertz CT molecular complexity index is 733. The first-order chi connectivity index (χ1) is 9.82. The SMILES string of the molecule is CCCn1nc(C)c(N)c1Nc1ccc(S(C)(=O)=O)cc1. The molecule has 21 heavy (non-hydrogen) atoms. The van der Waals surface area contributed by atoms with Crippen LogP contribution in [0.4, 0.5) is 17.2 Å². The van der Waals surface area contributed by atoms with Gasteiger partial charge in [-0.3, -0.25) is 0 Å². The minimum absolute atomic E-state index is 0.291. The van der Waals surface area contributed by atoms with E-state index in [0.29, 0.717) is 10.6 Å². The van der Waals surface area contributed by atoms with Gasteiger partial charge >= 0.3 is 0 Å².